The number of carbonyl (C=O) groups is 4. The Morgan fingerprint density at radius 3 is 2.30 bits per heavy atom. The van der Waals surface area contributed by atoms with E-state index in [4.69, 9.17) is 4.74 Å². The zero-order valence-corrected chi connectivity index (χ0v) is 19.4. The molecule has 2 heterocycles. The van der Waals surface area contributed by atoms with Crippen LogP contribution in [0.5, 0.6) is 0 Å². The van der Waals surface area contributed by atoms with E-state index in [9.17, 15) is 19.2 Å². The first kappa shape index (κ1) is 22.7. The van der Waals surface area contributed by atoms with Crippen molar-refractivity contribution in [1.29, 1.82) is 0 Å². The van der Waals surface area contributed by atoms with E-state index in [0.717, 1.165) is 35.3 Å². The van der Waals surface area contributed by atoms with Gasteiger partial charge >= 0.3 is 5.97 Å². The fourth-order valence-corrected chi connectivity index (χ4v) is 4.74. The number of benzene rings is 2. The van der Waals surface area contributed by atoms with Gasteiger partial charge in [0.25, 0.3) is 17.7 Å². The molecule has 1 saturated heterocycles. The second kappa shape index (κ2) is 8.81. The summed E-state index contributed by atoms with van der Waals surface area (Å²) in [5, 5.41) is 0. The maximum Gasteiger partial charge on any atom is 0.338 e. The molecule has 0 saturated carbocycles. The lowest BCUT2D eigenvalue weighted by Gasteiger charge is -2.38. The molecule has 172 valence electrons. The van der Waals surface area contributed by atoms with Crippen molar-refractivity contribution in [2.45, 2.75) is 59.0 Å². The van der Waals surface area contributed by atoms with Gasteiger partial charge in [0.15, 0.2) is 6.61 Å². The third-order valence-electron chi connectivity index (χ3n) is 6.54. The monoisotopic (exact) mass is 448 g/mol. The van der Waals surface area contributed by atoms with Crippen LogP contribution in [0.15, 0.2) is 36.4 Å². The minimum absolute atomic E-state index is 0.111. The number of imide groups is 1. The number of likely N-dealkylation sites (tertiary alicyclic amines) is 1. The van der Waals surface area contributed by atoms with E-state index in [-0.39, 0.29) is 41.3 Å². The van der Waals surface area contributed by atoms with E-state index in [1.165, 1.54) is 18.2 Å². The third-order valence-corrected chi connectivity index (χ3v) is 6.54. The Kier molecular flexibility index (Phi) is 6.06. The number of hydrogen-bond acceptors (Lipinski definition) is 5. The Hall–Kier alpha value is -3.48. The third kappa shape index (κ3) is 4.15. The predicted molar refractivity (Wildman–Crippen MR) is 123 cm³/mol. The number of amides is 3. The fourth-order valence-electron chi connectivity index (χ4n) is 4.74. The molecule has 2 aromatic rings. The summed E-state index contributed by atoms with van der Waals surface area (Å²) in [7, 11) is 0. The summed E-state index contributed by atoms with van der Waals surface area (Å²) in [4.78, 5) is 54.2. The zero-order valence-electron chi connectivity index (χ0n) is 19.4. The molecule has 0 radical (unpaired) electrons. The molecule has 4 rings (SSSR count). The molecule has 0 bridgehead atoms. The lowest BCUT2D eigenvalue weighted by Crippen LogP contribution is -2.49. The molecule has 33 heavy (non-hydrogen) atoms. The maximum atomic E-state index is 13.1. The number of nitrogens with zero attached hydrogens (tertiary/aromatic N) is 2. The first-order valence-corrected chi connectivity index (χ1v) is 11.3. The second-order valence-electron chi connectivity index (χ2n) is 9.00. The summed E-state index contributed by atoms with van der Waals surface area (Å²) in [6.07, 6.45) is 2.94. The van der Waals surface area contributed by atoms with Crippen molar-refractivity contribution in [2.24, 2.45) is 0 Å². The van der Waals surface area contributed by atoms with Crippen molar-refractivity contribution < 1.29 is 23.9 Å². The van der Waals surface area contributed by atoms with Crippen molar-refractivity contribution in [3.8, 4) is 0 Å². The number of hydrogen-bond donors (Lipinski definition) is 0. The van der Waals surface area contributed by atoms with Crippen LogP contribution in [-0.2, 0) is 9.53 Å². The number of ether oxygens (including phenoxy) is 1. The summed E-state index contributed by atoms with van der Waals surface area (Å²) in [5.41, 5.74) is 2.78. The van der Waals surface area contributed by atoms with Gasteiger partial charge in [-0.1, -0.05) is 12.1 Å². The van der Waals surface area contributed by atoms with Crippen molar-refractivity contribution >= 4 is 29.4 Å². The van der Waals surface area contributed by atoms with Crippen molar-refractivity contribution in [2.75, 3.05) is 11.5 Å². The van der Waals surface area contributed by atoms with Gasteiger partial charge in [0.05, 0.1) is 22.4 Å². The largest absolute Gasteiger partial charge is 0.452 e. The first-order valence-electron chi connectivity index (χ1n) is 11.3. The highest BCUT2D eigenvalue weighted by Gasteiger charge is 2.38. The normalized spacial score (nSPS) is 20.1. The summed E-state index contributed by atoms with van der Waals surface area (Å²) in [6, 6.07) is 10.1. The first-order chi connectivity index (χ1) is 15.7. The lowest BCUT2D eigenvalue weighted by molar-refractivity contribution is -0.140. The topological polar surface area (TPSA) is 84.0 Å². The number of esters is 1. The van der Waals surface area contributed by atoms with Crippen molar-refractivity contribution in [3.63, 3.8) is 0 Å². The predicted octanol–water partition coefficient (Wildman–Crippen LogP) is 4.05. The van der Waals surface area contributed by atoms with Gasteiger partial charge in [-0.3, -0.25) is 14.4 Å². The number of piperidine rings is 1. The molecule has 0 spiro atoms. The van der Waals surface area contributed by atoms with Gasteiger partial charge in [-0.05, 0) is 82.3 Å². The Balaban J connectivity index is 1.50. The smallest absolute Gasteiger partial charge is 0.338 e. The highest BCUT2D eigenvalue weighted by molar-refractivity contribution is 6.35. The van der Waals surface area contributed by atoms with Crippen molar-refractivity contribution in [3.05, 3.63) is 64.2 Å². The Morgan fingerprint density at radius 1 is 0.939 bits per heavy atom. The van der Waals surface area contributed by atoms with E-state index < -0.39 is 17.8 Å². The number of fused-ring (bicyclic) bond motifs is 1. The molecule has 2 atom stereocenters. The van der Waals surface area contributed by atoms with Gasteiger partial charge in [0, 0.05) is 12.1 Å². The molecule has 0 N–H and O–H groups in total. The molecule has 0 unspecified atom stereocenters. The minimum Gasteiger partial charge on any atom is -0.452 e. The molecule has 2 aliphatic heterocycles. The van der Waals surface area contributed by atoms with Crippen LogP contribution in [0.3, 0.4) is 0 Å². The van der Waals surface area contributed by atoms with Crippen molar-refractivity contribution in [1.82, 2.24) is 4.90 Å². The summed E-state index contributed by atoms with van der Waals surface area (Å²) < 4.78 is 5.27. The van der Waals surface area contributed by atoms with Gasteiger partial charge in [-0.15, -0.1) is 0 Å². The average Bonchev–Trinajstić information content (AvgIpc) is 3.03. The van der Waals surface area contributed by atoms with Gasteiger partial charge in [-0.2, -0.15) is 0 Å². The average molecular weight is 449 g/mol. The molecule has 7 heteroatoms. The van der Waals surface area contributed by atoms with Gasteiger partial charge in [0.2, 0.25) is 0 Å². The highest BCUT2D eigenvalue weighted by atomic mass is 16.5. The van der Waals surface area contributed by atoms with Crippen LogP contribution >= 0.6 is 0 Å². The number of anilines is 1. The summed E-state index contributed by atoms with van der Waals surface area (Å²) in [6.45, 7) is 7.37. The lowest BCUT2D eigenvalue weighted by atomic mass is 9.97. The van der Waals surface area contributed by atoms with E-state index in [1.54, 1.807) is 11.0 Å². The van der Waals surface area contributed by atoms with Gasteiger partial charge < -0.3 is 9.64 Å². The molecule has 2 aliphatic rings. The molecule has 7 nitrogen and oxygen atoms in total. The van der Waals surface area contributed by atoms with Crippen LogP contribution in [0.2, 0.25) is 0 Å². The van der Waals surface area contributed by atoms with Crippen LogP contribution in [0.1, 0.15) is 75.3 Å². The Labute approximate surface area is 193 Å². The molecular weight excluding hydrogens is 420 g/mol. The number of rotatable bonds is 4. The SMILES string of the molecule is Cc1ccc(C)c(N2C(=O)c3ccc(C(=O)OCC(=O)N4[C@H](C)CCC[C@H]4C)cc3C2=O)c1. The van der Waals surface area contributed by atoms with Crippen LogP contribution in [0, 0.1) is 13.8 Å². The highest BCUT2D eigenvalue weighted by Crippen LogP contribution is 2.32. The van der Waals surface area contributed by atoms with Crippen LogP contribution in [0.4, 0.5) is 5.69 Å². The summed E-state index contributed by atoms with van der Waals surface area (Å²) in [5.74, 6) is -1.83. The Bertz CT molecular complexity index is 1150. The summed E-state index contributed by atoms with van der Waals surface area (Å²) >= 11 is 0. The second-order valence-corrected chi connectivity index (χ2v) is 9.00. The van der Waals surface area contributed by atoms with E-state index in [0.29, 0.717) is 5.69 Å². The number of aryl methyl sites for hydroxylation is 2. The molecule has 3 amide bonds. The molecule has 2 aromatic carbocycles. The quantitative estimate of drug-likeness (QED) is 0.520. The molecule has 1 fully saturated rings. The standard InChI is InChI=1S/C26H28N2O5/c1-15-8-9-16(2)22(12-15)28-24(30)20-11-10-19(13-21(20)25(28)31)26(32)33-14-23(29)27-17(3)6-5-7-18(27)4/h8-13,17-18H,5-7,14H2,1-4H3/t17-,18-/m1/s1. The van der Waals surface area contributed by atoms with Crippen LogP contribution in [0.25, 0.3) is 0 Å². The molecule has 0 aliphatic carbocycles. The van der Waals surface area contributed by atoms with E-state index in [1.807, 2.05) is 39.8 Å². The van der Waals surface area contributed by atoms with Crippen LogP contribution < -0.4 is 4.90 Å². The zero-order chi connectivity index (χ0) is 23.9. The van der Waals surface area contributed by atoms with Gasteiger partial charge in [0.1, 0.15) is 0 Å². The minimum atomic E-state index is -0.700. The molecule has 0 aromatic heterocycles. The fraction of sp³-hybridized carbons (Fsp3) is 0.385. The van der Waals surface area contributed by atoms with Gasteiger partial charge in [-0.25, -0.2) is 9.69 Å². The van der Waals surface area contributed by atoms with E-state index >= 15 is 0 Å². The molecular formula is C26H28N2O5. The van der Waals surface area contributed by atoms with Crippen LogP contribution in [-0.4, -0.2) is 47.3 Å². The maximum absolute atomic E-state index is 13.1. The van der Waals surface area contributed by atoms with E-state index in [2.05, 4.69) is 0 Å². The Morgan fingerprint density at radius 2 is 1.61 bits per heavy atom. The number of carbonyl (C=O) groups excluding carboxylic acids is 4.